The van der Waals surface area contributed by atoms with Gasteiger partial charge in [-0.15, -0.1) is 0 Å². The summed E-state index contributed by atoms with van der Waals surface area (Å²) in [5.41, 5.74) is 1.85. The molecule has 1 saturated heterocycles. The molecule has 5 heteroatoms. The Kier molecular flexibility index (Phi) is 7.31. The molecule has 0 aliphatic carbocycles. The number of benzene rings is 2. The maximum atomic E-state index is 12.6. The lowest BCUT2D eigenvalue weighted by Crippen LogP contribution is -2.40. The van der Waals surface area contributed by atoms with Crippen LogP contribution in [0.1, 0.15) is 48.1 Å². The molecule has 0 bridgehead atoms. The molecule has 1 heterocycles. The fourth-order valence-electron chi connectivity index (χ4n) is 3.67. The number of likely N-dealkylation sites (tertiary alicyclic amines) is 1. The van der Waals surface area contributed by atoms with Gasteiger partial charge < -0.3 is 14.8 Å². The molecule has 0 aromatic heterocycles. The molecule has 2 aromatic rings. The number of nitrogens with zero attached hydrogens (tertiary/aromatic N) is 1. The van der Waals surface area contributed by atoms with Crippen LogP contribution in [0.4, 0.5) is 0 Å². The van der Waals surface area contributed by atoms with E-state index >= 15 is 0 Å². The number of piperidine rings is 1. The van der Waals surface area contributed by atoms with Crippen molar-refractivity contribution in [2.24, 2.45) is 0 Å². The predicted molar refractivity (Wildman–Crippen MR) is 111 cm³/mol. The summed E-state index contributed by atoms with van der Waals surface area (Å²) in [7, 11) is 1.62. The van der Waals surface area contributed by atoms with Gasteiger partial charge in [0.05, 0.1) is 19.8 Å². The van der Waals surface area contributed by atoms with Crippen LogP contribution in [0, 0.1) is 0 Å². The van der Waals surface area contributed by atoms with E-state index in [1.165, 1.54) is 24.8 Å². The zero-order valence-electron chi connectivity index (χ0n) is 16.8. The van der Waals surface area contributed by atoms with Crippen LogP contribution in [-0.4, -0.2) is 44.2 Å². The van der Waals surface area contributed by atoms with Crippen LogP contribution in [0.5, 0.6) is 11.5 Å². The third kappa shape index (κ3) is 5.26. The summed E-state index contributed by atoms with van der Waals surface area (Å²) in [5, 5.41) is 3.12. The molecule has 1 aliphatic heterocycles. The lowest BCUT2D eigenvalue weighted by molar-refractivity contribution is 0.0924. The number of methoxy groups -OCH3 is 1. The van der Waals surface area contributed by atoms with Gasteiger partial charge in [0, 0.05) is 12.1 Å². The number of amides is 1. The van der Waals surface area contributed by atoms with E-state index < -0.39 is 0 Å². The molecule has 28 heavy (non-hydrogen) atoms. The summed E-state index contributed by atoms with van der Waals surface area (Å²) < 4.78 is 10.7. The smallest absolute Gasteiger partial charge is 0.251 e. The first-order valence-electron chi connectivity index (χ1n) is 10.1. The molecule has 1 fully saturated rings. The first-order valence-corrected chi connectivity index (χ1v) is 10.1. The molecule has 1 N–H and O–H groups in total. The lowest BCUT2D eigenvalue weighted by atomic mass is 10.0. The normalized spacial score (nSPS) is 15.6. The third-order valence-electron chi connectivity index (χ3n) is 5.22. The van der Waals surface area contributed by atoms with Gasteiger partial charge in [0.2, 0.25) is 0 Å². The van der Waals surface area contributed by atoms with Gasteiger partial charge in [-0.25, -0.2) is 0 Å². The van der Waals surface area contributed by atoms with Gasteiger partial charge in [-0.05, 0) is 74.8 Å². The fraction of sp³-hybridized carbons (Fsp3) is 0.435. The highest BCUT2D eigenvalue weighted by molar-refractivity contribution is 5.94. The van der Waals surface area contributed by atoms with Gasteiger partial charge in [0.1, 0.15) is 11.5 Å². The standard InChI is InChI=1S/C23H30N2O3/c1-3-28-21-13-7-18(8-14-21)22(25-15-5-4-6-16-25)17-24-23(26)19-9-11-20(27-2)12-10-19/h7-14,22H,3-6,15-17H2,1-2H3,(H,24,26). The lowest BCUT2D eigenvalue weighted by Gasteiger charge is -2.35. The topological polar surface area (TPSA) is 50.8 Å². The average molecular weight is 383 g/mol. The van der Waals surface area contributed by atoms with E-state index in [0.717, 1.165) is 24.6 Å². The summed E-state index contributed by atoms with van der Waals surface area (Å²) in [6, 6.07) is 15.6. The van der Waals surface area contributed by atoms with E-state index in [9.17, 15) is 4.79 Å². The highest BCUT2D eigenvalue weighted by Gasteiger charge is 2.23. The van der Waals surface area contributed by atoms with Crippen molar-refractivity contribution in [1.29, 1.82) is 0 Å². The quantitative estimate of drug-likeness (QED) is 0.748. The molecule has 0 spiro atoms. The van der Waals surface area contributed by atoms with Crippen LogP contribution >= 0.6 is 0 Å². The Balaban J connectivity index is 1.70. The van der Waals surface area contributed by atoms with Crippen molar-refractivity contribution in [2.45, 2.75) is 32.2 Å². The zero-order chi connectivity index (χ0) is 19.8. The molecular formula is C23H30N2O3. The van der Waals surface area contributed by atoms with E-state index in [-0.39, 0.29) is 11.9 Å². The van der Waals surface area contributed by atoms with Crippen molar-refractivity contribution in [3.05, 3.63) is 59.7 Å². The summed E-state index contributed by atoms with van der Waals surface area (Å²) in [6.45, 7) is 5.36. The summed E-state index contributed by atoms with van der Waals surface area (Å²) in [6.07, 6.45) is 3.70. The van der Waals surface area contributed by atoms with Gasteiger partial charge in [-0.3, -0.25) is 9.69 Å². The Morgan fingerprint density at radius 3 is 2.25 bits per heavy atom. The van der Waals surface area contributed by atoms with Crippen molar-refractivity contribution >= 4 is 5.91 Å². The van der Waals surface area contributed by atoms with Crippen molar-refractivity contribution < 1.29 is 14.3 Å². The Morgan fingerprint density at radius 2 is 1.64 bits per heavy atom. The second-order valence-corrected chi connectivity index (χ2v) is 7.05. The van der Waals surface area contributed by atoms with Gasteiger partial charge in [-0.2, -0.15) is 0 Å². The summed E-state index contributed by atoms with van der Waals surface area (Å²) >= 11 is 0. The Morgan fingerprint density at radius 1 is 1.00 bits per heavy atom. The zero-order valence-corrected chi connectivity index (χ0v) is 16.8. The Bertz CT molecular complexity index is 737. The minimum absolute atomic E-state index is 0.0596. The van der Waals surface area contributed by atoms with E-state index in [0.29, 0.717) is 18.7 Å². The van der Waals surface area contributed by atoms with Crippen molar-refractivity contribution in [2.75, 3.05) is 33.4 Å². The number of carbonyl (C=O) groups excluding carboxylic acids is 1. The van der Waals surface area contributed by atoms with Crippen molar-refractivity contribution in [3.63, 3.8) is 0 Å². The van der Waals surface area contributed by atoms with E-state index in [1.54, 1.807) is 19.2 Å². The van der Waals surface area contributed by atoms with Crippen LogP contribution in [-0.2, 0) is 0 Å². The van der Waals surface area contributed by atoms with Crippen LogP contribution < -0.4 is 14.8 Å². The molecular weight excluding hydrogens is 352 g/mol. The largest absolute Gasteiger partial charge is 0.497 e. The highest BCUT2D eigenvalue weighted by Crippen LogP contribution is 2.26. The molecule has 3 rings (SSSR count). The molecule has 5 nitrogen and oxygen atoms in total. The molecule has 0 radical (unpaired) electrons. The number of rotatable bonds is 8. The van der Waals surface area contributed by atoms with Crippen molar-refractivity contribution in [1.82, 2.24) is 10.2 Å². The SMILES string of the molecule is CCOc1ccc(C(CNC(=O)c2ccc(OC)cc2)N2CCCCC2)cc1. The number of carbonyl (C=O) groups is 1. The van der Waals surface area contributed by atoms with Crippen LogP contribution in [0.25, 0.3) is 0 Å². The van der Waals surface area contributed by atoms with Gasteiger partial charge in [0.15, 0.2) is 0 Å². The van der Waals surface area contributed by atoms with Crippen LogP contribution in [0.3, 0.4) is 0 Å². The third-order valence-corrected chi connectivity index (χ3v) is 5.22. The molecule has 1 amide bonds. The maximum absolute atomic E-state index is 12.6. The Labute approximate surface area is 167 Å². The van der Waals surface area contributed by atoms with E-state index in [1.807, 2.05) is 31.2 Å². The number of nitrogens with one attached hydrogen (secondary N) is 1. The van der Waals surface area contributed by atoms with Crippen LogP contribution in [0.15, 0.2) is 48.5 Å². The molecule has 1 aliphatic rings. The average Bonchev–Trinajstić information content (AvgIpc) is 2.76. The molecule has 150 valence electrons. The second kappa shape index (κ2) is 10.1. The van der Waals surface area contributed by atoms with Crippen LogP contribution in [0.2, 0.25) is 0 Å². The number of hydrogen-bond acceptors (Lipinski definition) is 4. The van der Waals surface area contributed by atoms with Gasteiger partial charge in [0.25, 0.3) is 5.91 Å². The molecule has 1 unspecified atom stereocenters. The number of ether oxygens (including phenoxy) is 2. The summed E-state index contributed by atoms with van der Waals surface area (Å²) in [5.74, 6) is 1.57. The van der Waals surface area contributed by atoms with Gasteiger partial charge >= 0.3 is 0 Å². The monoisotopic (exact) mass is 382 g/mol. The molecule has 2 aromatic carbocycles. The predicted octanol–water partition coefficient (Wildman–Crippen LogP) is 4.05. The van der Waals surface area contributed by atoms with E-state index in [4.69, 9.17) is 9.47 Å². The second-order valence-electron chi connectivity index (χ2n) is 7.05. The number of hydrogen-bond donors (Lipinski definition) is 1. The minimum atomic E-state index is -0.0596. The fourth-order valence-corrected chi connectivity index (χ4v) is 3.67. The summed E-state index contributed by atoms with van der Waals surface area (Å²) in [4.78, 5) is 15.1. The minimum Gasteiger partial charge on any atom is -0.497 e. The Hall–Kier alpha value is -2.53. The maximum Gasteiger partial charge on any atom is 0.251 e. The first-order chi connectivity index (χ1) is 13.7. The highest BCUT2D eigenvalue weighted by atomic mass is 16.5. The van der Waals surface area contributed by atoms with Gasteiger partial charge in [-0.1, -0.05) is 18.6 Å². The molecule has 1 atom stereocenters. The molecule has 0 saturated carbocycles. The van der Waals surface area contributed by atoms with E-state index in [2.05, 4.69) is 22.3 Å². The first kappa shape index (κ1) is 20.2. The van der Waals surface area contributed by atoms with Crippen molar-refractivity contribution in [3.8, 4) is 11.5 Å².